The fraction of sp³-hybridized carbons (Fsp3) is 0.649. The molecule has 0 bridgehead atoms. The zero-order chi connectivity index (χ0) is 39.0. The molecule has 4 N–H and O–H groups in total. The number of carbonyl (C=O) groups is 5. The number of sulfonamides is 1. The lowest BCUT2D eigenvalue weighted by atomic mass is 9.85. The maximum absolute atomic E-state index is 14.4. The Balaban J connectivity index is 1.62. The van der Waals surface area contributed by atoms with Crippen molar-refractivity contribution in [3.05, 3.63) is 42.0 Å². The van der Waals surface area contributed by atoms with Crippen molar-refractivity contribution in [1.82, 2.24) is 20.3 Å². The van der Waals surface area contributed by atoms with Crippen molar-refractivity contribution in [3.8, 4) is 0 Å². The van der Waals surface area contributed by atoms with Crippen LogP contribution in [0.1, 0.15) is 105 Å². The first-order chi connectivity index (χ1) is 24.0. The topological polar surface area (TPSA) is 189 Å². The van der Waals surface area contributed by atoms with Crippen LogP contribution in [0.2, 0.25) is 0 Å². The number of hydrogen-bond donors (Lipinski definition) is 4. The van der Waals surface area contributed by atoms with E-state index in [1.165, 1.54) is 11.0 Å². The van der Waals surface area contributed by atoms with Crippen molar-refractivity contribution in [2.75, 3.05) is 11.9 Å². The maximum Gasteiger partial charge on any atom is 0.411 e. The zero-order valence-electron chi connectivity index (χ0n) is 31.8. The predicted octanol–water partition coefficient (Wildman–Crippen LogP) is 4.50. The Morgan fingerprint density at radius 1 is 1.06 bits per heavy atom. The van der Waals surface area contributed by atoms with E-state index in [2.05, 4.69) is 27.3 Å². The molecule has 3 aliphatic rings. The number of alkyl carbamates (subject to hydrolysis) is 1. The zero-order valence-corrected chi connectivity index (χ0v) is 32.6. The Labute approximate surface area is 307 Å². The second kappa shape index (κ2) is 15.1. The van der Waals surface area contributed by atoms with Gasteiger partial charge in [-0.2, -0.15) is 0 Å². The molecule has 0 radical (unpaired) electrons. The second-order valence-electron chi connectivity index (χ2n) is 16.4. The van der Waals surface area contributed by atoms with Crippen LogP contribution in [0.5, 0.6) is 0 Å². The van der Waals surface area contributed by atoms with E-state index in [0.29, 0.717) is 24.9 Å². The molecule has 2 saturated carbocycles. The lowest BCUT2D eigenvalue weighted by molar-refractivity contribution is -0.143. The third kappa shape index (κ3) is 9.44. The van der Waals surface area contributed by atoms with Crippen molar-refractivity contribution in [2.24, 2.45) is 11.3 Å². The highest BCUT2D eigenvalue weighted by Crippen LogP contribution is 2.45. The number of hydrogen-bond acceptors (Lipinski definition) is 9. The minimum Gasteiger partial charge on any atom is -0.444 e. The van der Waals surface area contributed by atoms with E-state index in [9.17, 15) is 32.4 Å². The highest BCUT2D eigenvalue weighted by atomic mass is 32.2. The Hall–Kier alpha value is -4.14. The van der Waals surface area contributed by atoms with Crippen LogP contribution in [-0.2, 0) is 40.3 Å². The monoisotopic (exact) mass is 745 g/mol. The summed E-state index contributed by atoms with van der Waals surface area (Å²) in [6, 6.07) is 3.35. The molecule has 1 heterocycles. The molecule has 1 aromatic rings. The first-order valence-corrected chi connectivity index (χ1v) is 19.5. The molecule has 0 aromatic heterocycles. The number of anilines is 1. The van der Waals surface area contributed by atoms with Gasteiger partial charge >= 0.3 is 12.2 Å². The number of carbonyl (C=O) groups excluding carboxylic acids is 5. The predicted molar refractivity (Wildman–Crippen MR) is 196 cm³/mol. The highest BCUT2D eigenvalue weighted by molar-refractivity contribution is 7.91. The number of likely N-dealkylation sites (tertiary alicyclic amines) is 1. The molecular weight excluding hydrogens is 691 g/mol. The van der Waals surface area contributed by atoms with Crippen LogP contribution >= 0.6 is 0 Å². The summed E-state index contributed by atoms with van der Waals surface area (Å²) < 4.78 is 38.7. The van der Waals surface area contributed by atoms with Gasteiger partial charge in [-0.1, -0.05) is 65.8 Å². The summed E-state index contributed by atoms with van der Waals surface area (Å²) in [4.78, 5) is 69.5. The normalized spacial score (nSPS) is 23.7. The van der Waals surface area contributed by atoms with Gasteiger partial charge in [-0.05, 0) is 68.9 Å². The molecule has 2 aliphatic carbocycles. The van der Waals surface area contributed by atoms with Crippen LogP contribution in [0.4, 0.5) is 15.3 Å². The Morgan fingerprint density at radius 2 is 1.71 bits per heavy atom. The molecule has 1 saturated heterocycles. The first kappa shape index (κ1) is 40.6. The summed E-state index contributed by atoms with van der Waals surface area (Å²) in [5.74, 6) is -2.71. The van der Waals surface area contributed by atoms with Crippen molar-refractivity contribution < 1.29 is 41.9 Å². The minimum absolute atomic E-state index is 0.104. The van der Waals surface area contributed by atoms with Crippen molar-refractivity contribution in [3.63, 3.8) is 0 Å². The maximum atomic E-state index is 14.4. The van der Waals surface area contributed by atoms with Crippen molar-refractivity contribution in [2.45, 2.75) is 135 Å². The lowest BCUT2D eigenvalue weighted by Gasteiger charge is -2.36. The molecule has 2 unspecified atom stereocenters. The van der Waals surface area contributed by atoms with Gasteiger partial charge in [0, 0.05) is 12.3 Å². The number of aryl methyl sites for hydroxylation is 1. The van der Waals surface area contributed by atoms with E-state index >= 15 is 0 Å². The standard InChI is InChI=1S/C37H55N5O9S/c1-11-22-14-13-15-26(21(3)4)28(22)38-33(46)50-24-18-27(42(20-24)31(44)29(35(5,6)7)39-34(47)51-36(8,9)10)30(43)40-37(19-23(37)12-2)32(45)41-52(48,49)25-16-17-25/h12-15,21,23-25,27,29H,2,11,16-20H2,1,3-10H3,(H,38,46)(H,39,47)(H,40,43)(H,41,45)/t23?,24-,27+,29-,37?/m1/s1. The van der Waals surface area contributed by atoms with Crippen LogP contribution in [-0.4, -0.2) is 84.3 Å². The van der Waals surface area contributed by atoms with Gasteiger partial charge in [0.15, 0.2) is 0 Å². The second-order valence-corrected chi connectivity index (χ2v) is 18.4. The summed E-state index contributed by atoms with van der Waals surface area (Å²) in [5, 5.41) is 7.59. The van der Waals surface area contributed by atoms with E-state index in [1.54, 1.807) is 41.5 Å². The minimum atomic E-state index is -3.92. The first-order valence-electron chi connectivity index (χ1n) is 17.9. The number of ether oxygens (including phenoxy) is 2. The fourth-order valence-electron chi connectivity index (χ4n) is 6.47. The summed E-state index contributed by atoms with van der Waals surface area (Å²) in [6.07, 6.45) is 0.440. The van der Waals surface area contributed by atoms with Gasteiger partial charge in [-0.3, -0.25) is 24.4 Å². The molecule has 1 aromatic carbocycles. The quantitative estimate of drug-likeness (QED) is 0.223. The fourth-order valence-corrected chi connectivity index (χ4v) is 7.83. The Morgan fingerprint density at radius 3 is 2.23 bits per heavy atom. The number of nitrogens with zero attached hydrogens (tertiary/aromatic N) is 1. The smallest absolute Gasteiger partial charge is 0.411 e. The number of rotatable bonds is 12. The third-order valence-corrected chi connectivity index (χ3v) is 11.4. The number of benzene rings is 1. The average molecular weight is 746 g/mol. The molecule has 14 nitrogen and oxygen atoms in total. The van der Waals surface area contributed by atoms with Gasteiger partial charge in [-0.15, -0.1) is 6.58 Å². The number of nitrogens with one attached hydrogen (secondary N) is 4. The van der Waals surface area contributed by atoms with Crippen LogP contribution < -0.4 is 20.7 Å². The van der Waals surface area contributed by atoms with Crippen LogP contribution in [0.25, 0.3) is 0 Å². The molecule has 3 fully saturated rings. The molecule has 52 heavy (non-hydrogen) atoms. The number of para-hydroxylation sites is 1. The average Bonchev–Trinajstić information content (AvgIpc) is 3.95. The number of amides is 5. The summed E-state index contributed by atoms with van der Waals surface area (Å²) >= 11 is 0. The molecule has 5 amide bonds. The van der Waals surface area contributed by atoms with Gasteiger partial charge in [-0.25, -0.2) is 18.0 Å². The molecule has 1 aliphatic heterocycles. The van der Waals surface area contributed by atoms with Gasteiger partial charge < -0.3 is 25.0 Å². The summed E-state index contributed by atoms with van der Waals surface area (Å²) in [6.45, 7) is 19.8. The van der Waals surface area contributed by atoms with Crippen LogP contribution in [0.3, 0.4) is 0 Å². The van der Waals surface area contributed by atoms with E-state index in [0.717, 1.165) is 11.1 Å². The van der Waals surface area contributed by atoms with Gasteiger partial charge in [0.25, 0.3) is 5.91 Å². The van der Waals surface area contributed by atoms with Crippen molar-refractivity contribution in [1.29, 1.82) is 0 Å². The van der Waals surface area contributed by atoms with E-state index in [1.807, 2.05) is 39.0 Å². The largest absolute Gasteiger partial charge is 0.444 e. The molecule has 4 rings (SSSR count). The molecule has 288 valence electrons. The van der Waals surface area contributed by atoms with E-state index in [4.69, 9.17) is 9.47 Å². The molecule has 0 spiro atoms. The summed E-state index contributed by atoms with van der Waals surface area (Å²) in [5.41, 5.74) is -0.827. The van der Waals surface area contributed by atoms with Gasteiger partial charge in [0.2, 0.25) is 21.8 Å². The van der Waals surface area contributed by atoms with Gasteiger partial charge in [0.05, 0.1) is 17.5 Å². The molecule has 5 atom stereocenters. The Bertz CT molecular complexity index is 1690. The molecular formula is C37H55N5O9S. The highest BCUT2D eigenvalue weighted by Gasteiger charge is 2.62. The van der Waals surface area contributed by atoms with Gasteiger partial charge in [0.1, 0.15) is 29.3 Å². The Kier molecular flexibility index (Phi) is 11.8. The van der Waals surface area contributed by atoms with Crippen molar-refractivity contribution >= 4 is 45.6 Å². The van der Waals surface area contributed by atoms with Crippen LogP contribution in [0, 0.1) is 11.3 Å². The SMILES string of the molecule is C=CC1CC1(NC(=O)[C@@H]1C[C@@H](OC(=O)Nc2c(CC)cccc2C(C)C)CN1C(=O)[C@@H](NC(=O)OC(C)(C)C)C(C)(C)C)C(=O)NS(=O)(=O)C1CC1. The van der Waals surface area contributed by atoms with E-state index in [-0.39, 0.29) is 25.3 Å². The van der Waals surface area contributed by atoms with E-state index < -0.39 is 85.8 Å². The third-order valence-electron chi connectivity index (χ3n) is 9.56. The summed E-state index contributed by atoms with van der Waals surface area (Å²) in [7, 11) is -3.92. The van der Waals surface area contributed by atoms with Crippen LogP contribution in [0.15, 0.2) is 30.9 Å². The molecule has 15 heteroatoms. The lowest BCUT2D eigenvalue weighted by Crippen LogP contribution is -2.60.